The number of amides is 1. The Hall–Kier alpha value is -3.48. The number of aromatic amines is 2. The Bertz CT molecular complexity index is 1390. The monoisotopic (exact) mass is 416 g/mol. The van der Waals surface area contributed by atoms with Crippen LogP contribution in [0.2, 0.25) is 0 Å². The molecule has 156 valence electrons. The van der Waals surface area contributed by atoms with Gasteiger partial charge in [0.15, 0.2) is 0 Å². The number of aromatic nitrogens is 3. The van der Waals surface area contributed by atoms with Crippen molar-refractivity contribution in [2.24, 2.45) is 5.41 Å². The van der Waals surface area contributed by atoms with Gasteiger partial charge in [0.2, 0.25) is 0 Å². The van der Waals surface area contributed by atoms with Gasteiger partial charge in [-0.1, -0.05) is 30.3 Å². The van der Waals surface area contributed by atoms with Crippen molar-refractivity contribution in [1.29, 1.82) is 0 Å². The number of fused-ring (bicyclic) bond motifs is 2. The van der Waals surface area contributed by atoms with Crippen LogP contribution in [0.4, 0.5) is 4.39 Å². The molecule has 1 spiro atoms. The first-order chi connectivity index (χ1) is 15.0. The molecule has 2 fully saturated rings. The van der Waals surface area contributed by atoms with Gasteiger partial charge < -0.3 is 10.3 Å². The van der Waals surface area contributed by atoms with E-state index in [-0.39, 0.29) is 28.7 Å². The number of benzene rings is 2. The fourth-order valence-electron chi connectivity index (χ4n) is 5.55. The Morgan fingerprint density at radius 1 is 1.06 bits per heavy atom. The fourth-order valence-corrected chi connectivity index (χ4v) is 5.55. The molecule has 2 aliphatic carbocycles. The van der Waals surface area contributed by atoms with Gasteiger partial charge in [0.05, 0.1) is 16.6 Å². The molecule has 2 aromatic heterocycles. The second-order valence-electron chi connectivity index (χ2n) is 9.05. The Kier molecular flexibility index (Phi) is 3.84. The Labute approximate surface area is 176 Å². The molecule has 3 N–H and O–H groups in total. The van der Waals surface area contributed by atoms with E-state index in [0.29, 0.717) is 27.9 Å². The number of carbonyl (C=O) groups excluding carboxylic acids is 1. The van der Waals surface area contributed by atoms with Crippen molar-refractivity contribution in [3.63, 3.8) is 0 Å². The molecule has 0 bridgehead atoms. The maximum atomic E-state index is 13.9. The zero-order valence-corrected chi connectivity index (χ0v) is 16.7. The molecule has 2 heterocycles. The predicted octanol–water partition coefficient (Wildman–Crippen LogP) is 4.00. The van der Waals surface area contributed by atoms with Gasteiger partial charge >= 0.3 is 0 Å². The first-order valence-electron chi connectivity index (χ1n) is 10.6. The topological polar surface area (TPSA) is 90.6 Å². The van der Waals surface area contributed by atoms with Crippen LogP contribution >= 0.6 is 0 Å². The standard InChI is InChI=1S/C24H21FN4O2/c25-18-7-3-4-13-8-19(27-21(13)18)23(31)26-15-11-24(12-15)9-14(10-24)20-16-5-1-2-6-17(16)22(30)29-28-20/h1-8,14-15,27H,9-12H2,(H,26,31)(H,29,30). The minimum Gasteiger partial charge on any atom is -0.348 e. The first-order valence-corrected chi connectivity index (χ1v) is 10.6. The van der Waals surface area contributed by atoms with Crippen LogP contribution in [0.25, 0.3) is 21.7 Å². The third-order valence-electron chi connectivity index (χ3n) is 7.02. The van der Waals surface area contributed by atoms with Crippen molar-refractivity contribution < 1.29 is 9.18 Å². The van der Waals surface area contributed by atoms with Crippen molar-refractivity contribution in [2.45, 2.75) is 37.6 Å². The average Bonchev–Trinajstić information content (AvgIpc) is 3.16. The lowest BCUT2D eigenvalue weighted by Crippen LogP contribution is -2.55. The third-order valence-corrected chi connectivity index (χ3v) is 7.02. The largest absolute Gasteiger partial charge is 0.348 e. The van der Waals surface area contributed by atoms with E-state index in [1.807, 2.05) is 24.3 Å². The summed E-state index contributed by atoms with van der Waals surface area (Å²) in [6, 6.07) is 14.2. The summed E-state index contributed by atoms with van der Waals surface area (Å²) < 4.78 is 13.9. The lowest BCUT2D eigenvalue weighted by atomic mass is 9.49. The minimum absolute atomic E-state index is 0.130. The van der Waals surface area contributed by atoms with Crippen LogP contribution in [0.3, 0.4) is 0 Å². The lowest BCUT2D eigenvalue weighted by molar-refractivity contribution is -0.0197. The smallest absolute Gasteiger partial charge is 0.272 e. The summed E-state index contributed by atoms with van der Waals surface area (Å²) in [4.78, 5) is 27.5. The van der Waals surface area contributed by atoms with Gasteiger partial charge in [-0.3, -0.25) is 9.59 Å². The molecular weight excluding hydrogens is 395 g/mol. The SMILES string of the molecule is O=C(NC1CC2(C1)CC(c1n[nH]c(=O)c3ccccc13)C2)c1cc2cccc(F)c2[nH]1. The molecule has 2 aromatic carbocycles. The van der Waals surface area contributed by atoms with Crippen molar-refractivity contribution >= 4 is 27.6 Å². The highest BCUT2D eigenvalue weighted by molar-refractivity contribution is 5.98. The van der Waals surface area contributed by atoms with Gasteiger partial charge in [-0.2, -0.15) is 5.10 Å². The van der Waals surface area contributed by atoms with Crippen LogP contribution in [0, 0.1) is 11.2 Å². The quantitative estimate of drug-likeness (QED) is 0.472. The van der Waals surface area contributed by atoms with Gasteiger partial charge in [0.1, 0.15) is 11.5 Å². The number of nitrogens with one attached hydrogen (secondary N) is 3. The molecule has 0 aliphatic heterocycles. The van der Waals surface area contributed by atoms with E-state index in [9.17, 15) is 14.0 Å². The predicted molar refractivity (Wildman–Crippen MR) is 116 cm³/mol. The van der Waals surface area contributed by atoms with E-state index in [0.717, 1.165) is 36.8 Å². The molecule has 0 radical (unpaired) electrons. The third kappa shape index (κ3) is 2.87. The number of hydrogen-bond donors (Lipinski definition) is 3. The second-order valence-corrected chi connectivity index (χ2v) is 9.05. The molecule has 6 rings (SSSR count). The summed E-state index contributed by atoms with van der Waals surface area (Å²) in [6.07, 6.45) is 3.90. The van der Waals surface area contributed by atoms with E-state index in [1.165, 1.54) is 6.07 Å². The highest BCUT2D eigenvalue weighted by Crippen LogP contribution is 2.62. The van der Waals surface area contributed by atoms with Crippen LogP contribution in [-0.4, -0.2) is 27.1 Å². The molecule has 4 aromatic rings. The molecular formula is C24H21FN4O2. The Morgan fingerprint density at radius 3 is 2.61 bits per heavy atom. The van der Waals surface area contributed by atoms with Crippen molar-refractivity contribution in [3.8, 4) is 0 Å². The summed E-state index contributed by atoms with van der Waals surface area (Å²) in [5.74, 6) is -0.224. The molecule has 0 unspecified atom stereocenters. The van der Waals surface area contributed by atoms with Gasteiger partial charge in [-0.15, -0.1) is 0 Å². The summed E-state index contributed by atoms with van der Waals surface area (Å²) in [6.45, 7) is 0. The molecule has 2 aliphatic rings. The van der Waals surface area contributed by atoms with Crippen molar-refractivity contribution in [1.82, 2.24) is 20.5 Å². The number of H-pyrrole nitrogens is 2. The van der Waals surface area contributed by atoms with Gasteiger partial charge in [0, 0.05) is 22.7 Å². The summed E-state index contributed by atoms with van der Waals surface area (Å²) in [5.41, 5.74) is 1.80. The molecule has 1 amide bonds. The highest BCUT2D eigenvalue weighted by Gasteiger charge is 2.54. The van der Waals surface area contributed by atoms with E-state index in [4.69, 9.17) is 0 Å². The van der Waals surface area contributed by atoms with Gasteiger partial charge in [-0.05, 0) is 49.3 Å². The van der Waals surface area contributed by atoms with E-state index in [1.54, 1.807) is 18.2 Å². The van der Waals surface area contributed by atoms with Crippen LogP contribution < -0.4 is 10.9 Å². The van der Waals surface area contributed by atoms with Crippen LogP contribution in [-0.2, 0) is 0 Å². The molecule has 2 saturated carbocycles. The van der Waals surface area contributed by atoms with E-state index in [2.05, 4.69) is 20.5 Å². The number of nitrogens with zero attached hydrogens (tertiary/aromatic N) is 1. The Balaban J connectivity index is 1.11. The number of para-hydroxylation sites is 1. The number of halogens is 1. The Morgan fingerprint density at radius 2 is 1.84 bits per heavy atom. The van der Waals surface area contributed by atoms with Crippen LogP contribution in [0.15, 0.2) is 53.3 Å². The zero-order valence-electron chi connectivity index (χ0n) is 16.7. The van der Waals surface area contributed by atoms with E-state index >= 15 is 0 Å². The van der Waals surface area contributed by atoms with Crippen molar-refractivity contribution in [2.75, 3.05) is 0 Å². The van der Waals surface area contributed by atoms with Gasteiger partial charge in [0.25, 0.3) is 11.5 Å². The lowest BCUT2D eigenvalue weighted by Gasteiger charge is -2.57. The minimum atomic E-state index is -0.358. The van der Waals surface area contributed by atoms with Crippen LogP contribution in [0.5, 0.6) is 0 Å². The van der Waals surface area contributed by atoms with Crippen LogP contribution in [0.1, 0.15) is 47.8 Å². The summed E-state index contributed by atoms with van der Waals surface area (Å²) in [7, 11) is 0. The number of carbonyl (C=O) groups is 1. The molecule has 7 heteroatoms. The maximum Gasteiger partial charge on any atom is 0.272 e. The summed E-state index contributed by atoms with van der Waals surface area (Å²) in [5, 5.41) is 12.4. The fraction of sp³-hybridized carbons (Fsp3) is 0.292. The second kappa shape index (κ2) is 6.51. The summed E-state index contributed by atoms with van der Waals surface area (Å²) >= 11 is 0. The first kappa shape index (κ1) is 18.3. The number of rotatable bonds is 3. The maximum absolute atomic E-state index is 13.9. The zero-order chi connectivity index (χ0) is 21.2. The van der Waals surface area contributed by atoms with E-state index < -0.39 is 0 Å². The number of hydrogen-bond acceptors (Lipinski definition) is 3. The molecule has 6 nitrogen and oxygen atoms in total. The molecule has 0 atom stereocenters. The molecule has 31 heavy (non-hydrogen) atoms. The average molecular weight is 416 g/mol. The van der Waals surface area contributed by atoms with Gasteiger partial charge in [-0.25, -0.2) is 9.49 Å². The molecule has 0 saturated heterocycles. The van der Waals surface area contributed by atoms with Crippen molar-refractivity contribution in [3.05, 3.63) is 76.1 Å². The highest BCUT2D eigenvalue weighted by atomic mass is 19.1. The normalized spacial score (nSPS) is 24.8.